The molecule has 6 aromatic rings. The second kappa shape index (κ2) is 8.58. The van der Waals surface area contributed by atoms with E-state index in [-0.39, 0.29) is 17.5 Å². The molecular formula is C26H22N8OS. The first-order valence-electron chi connectivity index (χ1n) is 11.4. The lowest BCUT2D eigenvalue weighted by molar-refractivity contribution is 0.768. The number of para-hydroxylation sites is 1. The molecule has 0 unspecified atom stereocenters. The lowest BCUT2D eigenvalue weighted by atomic mass is 9.99. The van der Waals surface area contributed by atoms with E-state index in [9.17, 15) is 4.79 Å². The number of hydrogen-bond donors (Lipinski definition) is 2. The number of aromatic nitrogens is 6. The third-order valence-corrected chi connectivity index (χ3v) is 6.84. The van der Waals surface area contributed by atoms with Gasteiger partial charge in [0, 0.05) is 30.2 Å². The number of fused-ring (bicyclic) bond motifs is 2. The van der Waals surface area contributed by atoms with E-state index in [2.05, 4.69) is 25.4 Å². The van der Waals surface area contributed by atoms with Gasteiger partial charge in [0.15, 0.2) is 10.6 Å². The number of nitrogens with one attached hydrogen (secondary N) is 1. The van der Waals surface area contributed by atoms with Crippen LogP contribution < -0.4 is 16.6 Å². The minimum absolute atomic E-state index is 0.109. The standard InChI is InChI=1S/C26H22N8OS/c1-15(30-23-22-24(36-14-28-22)32-26(27)31-23)20-11-16-7-6-10-19(17-12-29-33(2)13-17)21(16)25(35)34(20)18-8-4-3-5-9-18/h3-15H,1-2H3,(H3,27,30,31,32)/t15-/m0/s1. The van der Waals surface area contributed by atoms with Crippen molar-refractivity contribution >= 4 is 44.2 Å². The van der Waals surface area contributed by atoms with Crippen molar-refractivity contribution in [2.24, 2.45) is 7.05 Å². The van der Waals surface area contributed by atoms with Gasteiger partial charge in [0.05, 0.1) is 23.1 Å². The number of pyridine rings is 1. The van der Waals surface area contributed by atoms with E-state index in [4.69, 9.17) is 5.73 Å². The molecular weight excluding hydrogens is 472 g/mol. The van der Waals surface area contributed by atoms with Crippen molar-refractivity contribution < 1.29 is 0 Å². The Kier molecular flexibility index (Phi) is 5.23. The molecule has 2 aromatic carbocycles. The minimum Gasteiger partial charge on any atom is -0.368 e. The third-order valence-electron chi connectivity index (χ3n) is 6.12. The van der Waals surface area contributed by atoms with Crippen LogP contribution in [0.5, 0.6) is 0 Å². The fourth-order valence-corrected chi connectivity index (χ4v) is 5.17. The molecule has 4 heterocycles. The van der Waals surface area contributed by atoms with Crippen LogP contribution in [0, 0.1) is 0 Å². The van der Waals surface area contributed by atoms with E-state index >= 15 is 0 Å². The van der Waals surface area contributed by atoms with Crippen molar-refractivity contribution in [3.05, 3.63) is 88.5 Å². The van der Waals surface area contributed by atoms with Gasteiger partial charge in [-0.05, 0) is 36.1 Å². The van der Waals surface area contributed by atoms with Crippen LogP contribution in [0.15, 0.2) is 77.3 Å². The topological polar surface area (TPSA) is 117 Å². The number of rotatable bonds is 5. The summed E-state index contributed by atoms with van der Waals surface area (Å²) >= 11 is 1.40. The molecule has 0 bridgehead atoms. The van der Waals surface area contributed by atoms with E-state index in [1.807, 2.05) is 74.8 Å². The Morgan fingerprint density at radius 1 is 1.08 bits per heavy atom. The summed E-state index contributed by atoms with van der Waals surface area (Å²) in [5, 5.41) is 9.20. The largest absolute Gasteiger partial charge is 0.368 e. The Morgan fingerprint density at radius 3 is 2.69 bits per heavy atom. The van der Waals surface area contributed by atoms with E-state index in [0.29, 0.717) is 21.6 Å². The van der Waals surface area contributed by atoms with E-state index in [0.717, 1.165) is 27.9 Å². The Labute approximate surface area is 209 Å². The van der Waals surface area contributed by atoms with E-state index < -0.39 is 0 Å². The molecule has 0 aliphatic rings. The van der Waals surface area contributed by atoms with Crippen LogP contribution in [-0.4, -0.2) is 29.3 Å². The van der Waals surface area contributed by atoms with Crippen molar-refractivity contribution in [1.29, 1.82) is 0 Å². The lowest BCUT2D eigenvalue weighted by Gasteiger charge is -2.22. The molecule has 178 valence electrons. The van der Waals surface area contributed by atoms with Crippen molar-refractivity contribution in [1.82, 2.24) is 29.3 Å². The average molecular weight is 495 g/mol. The summed E-state index contributed by atoms with van der Waals surface area (Å²) in [7, 11) is 1.86. The van der Waals surface area contributed by atoms with Crippen LogP contribution in [0.4, 0.5) is 11.8 Å². The maximum atomic E-state index is 14.2. The highest BCUT2D eigenvalue weighted by atomic mass is 32.1. The fourth-order valence-electron chi connectivity index (χ4n) is 4.50. The molecule has 0 spiro atoms. The normalized spacial score (nSPS) is 12.3. The third kappa shape index (κ3) is 3.68. The van der Waals surface area contributed by atoms with Gasteiger partial charge in [0.1, 0.15) is 5.52 Å². The molecule has 0 saturated carbocycles. The maximum absolute atomic E-state index is 14.2. The number of nitrogens with two attached hydrogens (primary N) is 1. The number of nitrogen functional groups attached to an aromatic ring is 1. The van der Waals surface area contributed by atoms with Crippen LogP contribution in [0.3, 0.4) is 0 Å². The molecule has 36 heavy (non-hydrogen) atoms. The Balaban J connectivity index is 1.57. The van der Waals surface area contributed by atoms with Gasteiger partial charge < -0.3 is 11.1 Å². The molecule has 4 aromatic heterocycles. The molecule has 0 aliphatic carbocycles. The summed E-state index contributed by atoms with van der Waals surface area (Å²) in [6, 6.07) is 17.3. The van der Waals surface area contributed by atoms with Gasteiger partial charge in [-0.2, -0.15) is 10.1 Å². The molecule has 0 fully saturated rings. The first-order chi connectivity index (χ1) is 17.5. The number of hydrogen-bond acceptors (Lipinski definition) is 8. The monoisotopic (exact) mass is 494 g/mol. The smallest absolute Gasteiger partial charge is 0.263 e. The maximum Gasteiger partial charge on any atom is 0.263 e. The molecule has 6 rings (SSSR count). The first kappa shape index (κ1) is 21.9. The molecule has 9 nitrogen and oxygen atoms in total. The van der Waals surface area contributed by atoms with Crippen LogP contribution in [0.2, 0.25) is 0 Å². The van der Waals surface area contributed by atoms with Crippen LogP contribution in [0.1, 0.15) is 18.7 Å². The van der Waals surface area contributed by atoms with Crippen LogP contribution in [-0.2, 0) is 7.05 Å². The molecule has 0 saturated heterocycles. The molecule has 3 N–H and O–H groups in total. The first-order valence-corrected chi connectivity index (χ1v) is 12.2. The summed E-state index contributed by atoms with van der Waals surface area (Å²) < 4.78 is 3.49. The van der Waals surface area contributed by atoms with Crippen LogP contribution >= 0.6 is 11.3 Å². The van der Waals surface area contributed by atoms with Crippen molar-refractivity contribution in [3.63, 3.8) is 0 Å². The number of anilines is 2. The Bertz CT molecular complexity index is 1790. The molecule has 0 aliphatic heterocycles. The van der Waals surface area contributed by atoms with Crippen molar-refractivity contribution in [3.8, 4) is 16.8 Å². The number of aryl methyl sites for hydroxylation is 1. The highest BCUT2D eigenvalue weighted by molar-refractivity contribution is 7.16. The number of benzene rings is 2. The number of nitrogens with zero attached hydrogens (tertiary/aromatic N) is 6. The second-order valence-electron chi connectivity index (χ2n) is 8.52. The quantitative estimate of drug-likeness (QED) is 0.361. The summed E-state index contributed by atoms with van der Waals surface area (Å²) in [5.74, 6) is 0.698. The predicted octanol–water partition coefficient (Wildman–Crippen LogP) is 4.55. The van der Waals surface area contributed by atoms with E-state index in [1.54, 1.807) is 21.0 Å². The predicted molar refractivity (Wildman–Crippen MR) is 143 cm³/mol. The van der Waals surface area contributed by atoms with Gasteiger partial charge in [0.2, 0.25) is 5.95 Å². The summed E-state index contributed by atoms with van der Waals surface area (Å²) in [6.07, 6.45) is 3.69. The highest BCUT2D eigenvalue weighted by Crippen LogP contribution is 2.31. The molecule has 0 radical (unpaired) electrons. The van der Waals surface area contributed by atoms with Gasteiger partial charge in [-0.1, -0.05) is 36.4 Å². The van der Waals surface area contributed by atoms with Gasteiger partial charge in [-0.25, -0.2) is 9.97 Å². The Hall–Kier alpha value is -4.57. The zero-order valence-electron chi connectivity index (χ0n) is 19.6. The zero-order valence-corrected chi connectivity index (χ0v) is 20.4. The summed E-state index contributed by atoms with van der Waals surface area (Å²) in [6.45, 7) is 1.99. The van der Waals surface area contributed by atoms with Crippen molar-refractivity contribution in [2.75, 3.05) is 11.1 Å². The lowest BCUT2D eigenvalue weighted by Crippen LogP contribution is -2.26. The number of thiazole rings is 1. The highest BCUT2D eigenvalue weighted by Gasteiger charge is 2.20. The Morgan fingerprint density at radius 2 is 1.92 bits per heavy atom. The van der Waals surface area contributed by atoms with Gasteiger partial charge >= 0.3 is 0 Å². The molecule has 10 heteroatoms. The molecule has 1 atom stereocenters. The van der Waals surface area contributed by atoms with Crippen LogP contribution in [0.25, 0.3) is 37.9 Å². The van der Waals surface area contributed by atoms with Gasteiger partial charge in [-0.3, -0.25) is 14.0 Å². The zero-order chi connectivity index (χ0) is 24.8. The van der Waals surface area contributed by atoms with Gasteiger partial charge in [0.25, 0.3) is 5.56 Å². The summed E-state index contributed by atoms with van der Waals surface area (Å²) in [4.78, 5) is 27.9. The average Bonchev–Trinajstić information content (AvgIpc) is 3.53. The second-order valence-corrected chi connectivity index (χ2v) is 9.35. The van der Waals surface area contributed by atoms with Crippen molar-refractivity contribution in [2.45, 2.75) is 13.0 Å². The van der Waals surface area contributed by atoms with Gasteiger partial charge in [-0.15, -0.1) is 11.3 Å². The minimum atomic E-state index is -0.302. The fraction of sp³-hybridized carbons (Fsp3) is 0.115. The molecule has 0 amide bonds. The summed E-state index contributed by atoms with van der Waals surface area (Å²) in [5.41, 5.74) is 11.5. The van der Waals surface area contributed by atoms with E-state index in [1.165, 1.54) is 11.3 Å². The SMILES string of the molecule is C[C@H](Nc1nc(N)nc2scnc12)c1cc2cccc(-c3cnn(C)c3)c2c(=O)n1-c1ccccc1.